The van der Waals surface area contributed by atoms with Crippen LogP contribution < -0.4 is 0 Å². The molecule has 5 rings (SSSR count). The van der Waals surface area contributed by atoms with Gasteiger partial charge in [0.1, 0.15) is 5.78 Å². The third-order valence-electron chi connectivity index (χ3n) is 9.62. The monoisotopic (exact) mass is 452 g/mol. The van der Waals surface area contributed by atoms with Crippen LogP contribution in [0.15, 0.2) is 11.6 Å². The molecule has 3 heteroatoms. The second-order valence-electron chi connectivity index (χ2n) is 10.1. The molecule has 4 saturated carbocycles. The molecule has 0 aliphatic heterocycles. The van der Waals surface area contributed by atoms with E-state index in [1.54, 1.807) is 0 Å². The number of rotatable bonds is 0. The van der Waals surface area contributed by atoms with Gasteiger partial charge in [0, 0.05) is 22.2 Å². The second kappa shape index (κ2) is 5.20. The highest BCUT2D eigenvalue weighted by molar-refractivity contribution is 14.1. The Kier molecular flexibility index (Phi) is 3.52. The fourth-order valence-corrected chi connectivity index (χ4v) is 9.49. The lowest BCUT2D eigenvalue weighted by Crippen LogP contribution is -2.59. The molecule has 2 nitrogen and oxygen atoms in total. The minimum absolute atomic E-state index is 0.0402. The number of ketones is 2. The topological polar surface area (TPSA) is 34.1 Å². The van der Waals surface area contributed by atoms with E-state index in [1.807, 2.05) is 6.08 Å². The molecule has 0 amide bonds. The highest BCUT2D eigenvalue weighted by Crippen LogP contribution is 2.73. The van der Waals surface area contributed by atoms with E-state index in [9.17, 15) is 9.59 Å². The molecule has 5 aliphatic rings. The van der Waals surface area contributed by atoms with Crippen LogP contribution >= 0.6 is 22.6 Å². The van der Waals surface area contributed by atoms with Gasteiger partial charge in [-0.05, 0) is 79.6 Å². The molecule has 4 fully saturated rings. The van der Waals surface area contributed by atoms with Crippen molar-refractivity contribution in [2.75, 3.05) is 0 Å². The molecule has 0 bridgehead atoms. The molecule has 0 aromatic carbocycles. The summed E-state index contributed by atoms with van der Waals surface area (Å²) in [7, 11) is 0. The Hall–Kier alpha value is -0.190. The average molecular weight is 452 g/mol. The number of hydrogen-bond donors (Lipinski definition) is 0. The summed E-state index contributed by atoms with van der Waals surface area (Å²) in [6.45, 7) is 4.92. The number of alkyl halides is 1. The standard InChI is InChI=1S/C22H29IO2/c1-20-7-3-14(24)11-13(20)12-17(23)19-15(20)4-8-21(2)16(19)5-9-22(21)10-6-18(22)25/h11,15-17,19H,3-10,12H2,1-2H3/t15-,16-,17+,19+,20-,21-,22-/m0/s1. The molecule has 0 aromatic heterocycles. The first-order valence-electron chi connectivity index (χ1n) is 10.2. The zero-order valence-corrected chi connectivity index (χ0v) is 17.6. The highest BCUT2D eigenvalue weighted by Gasteiger charge is 2.69. The first kappa shape index (κ1) is 16.9. The van der Waals surface area contributed by atoms with Crippen molar-refractivity contribution in [3.63, 3.8) is 0 Å². The number of allylic oxidation sites excluding steroid dienone is 1. The lowest BCUT2D eigenvalue weighted by atomic mass is 9.42. The van der Waals surface area contributed by atoms with Crippen LogP contribution in [0.1, 0.15) is 71.6 Å². The maximum absolute atomic E-state index is 12.6. The van der Waals surface area contributed by atoms with Gasteiger partial charge in [0.15, 0.2) is 5.78 Å². The fourth-order valence-electron chi connectivity index (χ4n) is 8.01. The van der Waals surface area contributed by atoms with Crippen molar-refractivity contribution < 1.29 is 9.59 Å². The van der Waals surface area contributed by atoms with E-state index < -0.39 is 0 Å². The van der Waals surface area contributed by atoms with Crippen LogP contribution in [-0.4, -0.2) is 15.5 Å². The van der Waals surface area contributed by atoms with Crippen molar-refractivity contribution in [3.05, 3.63) is 11.6 Å². The van der Waals surface area contributed by atoms with E-state index in [4.69, 9.17) is 0 Å². The number of carbonyl (C=O) groups excluding carboxylic acids is 2. The minimum atomic E-state index is 0.0402. The predicted molar refractivity (Wildman–Crippen MR) is 107 cm³/mol. The number of fused-ring (bicyclic) bond motifs is 6. The zero-order valence-electron chi connectivity index (χ0n) is 15.4. The van der Waals surface area contributed by atoms with Gasteiger partial charge >= 0.3 is 0 Å². The number of carbonyl (C=O) groups is 2. The molecule has 0 radical (unpaired) electrons. The normalized spacial score (nSPS) is 54.4. The Bertz CT molecular complexity index is 696. The van der Waals surface area contributed by atoms with Crippen molar-refractivity contribution in [1.29, 1.82) is 0 Å². The van der Waals surface area contributed by atoms with Crippen molar-refractivity contribution in [3.8, 4) is 0 Å². The first-order chi connectivity index (χ1) is 11.8. The van der Waals surface area contributed by atoms with Crippen LogP contribution in [0.2, 0.25) is 0 Å². The SMILES string of the molecule is C[C@]12CCC(=O)C=C1C[C@@H](I)[C@@H]1[C@@H]2CC[C@@]2(C)[C@H]1CC[C@@]21CCC1=O. The van der Waals surface area contributed by atoms with Crippen molar-refractivity contribution >= 4 is 34.2 Å². The van der Waals surface area contributed by atoms with Gasteiger partial charge in [-0.3, -0.25) is 9.59 Å². The number of halogens is 1. The Labute approximate surface area is 164 Å². The molecule has 7 atom stereocenters. The van der Waals surface area contributed by atoms with E-state index in [1.165, 1.54) is 24.8 Å². The zero-order chi connectivity index (χ0) is 17.6. The summed E-state index contributed by atoms with van der Waals surface area (Å²) >= 11 is 2.69. The third-order valence-corrected chi connectivity index (χ3v) is 10.9. The molecule has 0 aromatic rings. The molecule has 1 spiro atoms. The van der Waals surface area contributed by atoms with Gasteiger partial charge < -0.3 is 0 Å². The van der Waals surface area contributed by atoms with E-state index in [0.717, 1.165) is 44.4 Å². The lowest BCUT2D eigenvalue weighted by molar-refractivity contribution is -0.157. The van der Waals surface area contributed by atoms with Crippen molar-refractivity contribution in [1.82, 2.24) is 0 Å². The summed E-state index contributed by atoms with van der Waals surface area (Å²) < 4.78 is 0.628. The quantitative estimate of drug-likeness (QED) is 0.370. The lowest BCUT2D eigenvalue weighted by Gasteiger charge is -2.62. The smallest absolute Gasteiger partial charge is 0.155 e. The summed E-state index contributed by atoms with van der Waals surface area (Å²) in [6, 6.07) is 0. The second-order valence-corrected chi connectivity index (χ2v) is 11.7. The van der Waals surface area contributed by atoms with Crippen molar-refractivity contribution in [2.24, 2.45) is 34.0 Å². The third kappa shape index (κ3) is 1.92. The van der Waals surface area contributed by atoms with Gasteiger partial charge in [-0.15, -0.1) is 0 Å². The Balaban J connectivity index is 1.55. The molecular weight excluding hydrogens is 423 g/mol. The van der Waals surface area contributed by atoms with Crippen LogP contribution in [0.5, 0.6) is 0 Å². The Morgan fingerprint density at radius 1 is 1.00 bits per heavy atom. The Morgan fingerprint density at radius 3 is 2.44 bits per heavy atom. The van der Waals surface area contributed by atoms with E-state index in [2.05, 4.69) is 36.4 Å². The van der Waals surface area contributed by atoms with Gasteiger partial charge in [-0.2, -0.15) is 0 Å². The summed E-state index contributed by atoms with van der Waals surface area (Å²) in [5, 5.41) is 0. The summed E-state index contributed by atoms with van der Waals surface area (Å²) in [4.78, 5) is 24.6. The maximum Gasteiger partial charge on any atom is 0.155 e. The molecule has 0 N–H and O–H groups in total. The first-order valence-corrected chi connectivity index (χ1v) is 11.5. The average Bonchev–Trinajstić information content (AvgIpc) is 2.90. The van der Waals surface area contributed by atoms with E-state index >= 15 is 0 Å². The summed E-state index contributed by atoms with van der Waals surface area (Å²) in [6.07, 6.45) is 11.8. The molecule has 0 saturated heterocycles. The fraction of sp³-hybridized carbons (Fsp3) is 0.818. The summed E-state index contributed by atoms with van der Waals surface area (Å²) in [5.74, 6) is 3.09. The highest BCUT2D eigenvalue weighted by atomic mass is 127. The van der Waals surface area contributed by atoms with Gasteiger partial charge in [0.05, 0.1) is 0 Å². The van der Waals surface area contributed by atoms with Crippen molar-refractivity contribution in [2.45, 2.75) is 75.6 Å². The van der Waals surface area contributed by atoms with Crippen LogP contribution in [0, 0.1) is 34.0 Å². The van der Waals surface area contributed by atoms with Crippen LogP contribution in [0.4, 0.5) is 0 Å². The molecule has 25 heavy (non-hydrogen) atoms. The van der Waals surface area contributed by atoms with Gasteiger partial charge in [0.2, 0.25) is 0 Å². The number of hydrogen-bond acceptors (Lipinski definition) is 2. The molecular formula is C22H29IO2. The molecule has 136 valence electrons. The molecule has 5 aliphatic carbocycles. The van der Waals surface area contributed by atoms with Gasteiger partial charge in [0.25, 0.3) is 0 Å². The summed E-state index contributed by atoms with van der Waals surface area (Å²) in [5.41, 5.74) is 1.97. The van der Waals surface area contributed by atoms with E-state index in [0.29, 0.717) is 27.3 Å². The van der Waals surface area contributed by atoms with Crippen LogP contribution in [-0.2, 0) is 9.59 Å². The predicted octanol–water partition coefficient (Wildman–Crippen LogP) is 5.28. The van der Waals surface area contributed by atoms with Crippen LogP contribution in [0.25, 0.3) is 0 Å². The van der Waals surface area contributed by atoms with E-state index in [-0.39, 0.29) is 16.2 Å². The minimum Gasteiger partial charge on any atom is -0.299 e. The molecule has 0 heterocycles. The molecule has 0 unspecified atom stereocenters. The van der Waals surface area contributed by atoms with Gasteiger partial charge in [-0.25, -0.2) is 0 Å². The Morgan fingerprint density at radius 2 is 1.76 bits per heavy atom. The number of Topliss-reactive ketones (excluding diaryl/α,β-unsaturated/α-hetero) is 1. The maximum atomic E-state index is 12.6. The van der Waals surface area contributed by atoms with Gasteiger partial charge in [-0.1, -0.05) is 42.0 Å². The van der Waals surface area contributed by atoms with Crippen LogP contribution in [0.3, 0.4) is 0 Å². The largest absolute Gasteiger partial charge is 0.299 e.